The summed E-state index contributed by atoms with van der Waals surface area (Å²) in [5, 5.41) is 13.8. The van der Waals surface area contributed by atoms with Crippen molar-refractivity contribution >= 4 is 11.3 Å². The van der Waals surface area contributed by atoms with Gasteiger partial charge in [-0.25, -0.2) is 0 Å². The van der Waals surface area contributed by atoms with Crippen LogP contribution in [-0.4, -0.2) is 26.8 Å². The molecular weight excluding hydrogens is 320 g/mol. The number of thiophene rings is 1. The fraction of sp³-hybridized carbons (Fsp3) is 0.444. The summed E-state index contributed by atoms with van der Waals surface area (Å²) in [4.78, 5) is 3.79. The van der Waals surface area contributed by atoms with Gasteiger partial charge < -0.3 is 4.52 Å². The molecule has 1 atom stereocenters. The van der Waals surface area contributed by atoms with Crippen LogP contribution in [0.4, 0.5) is 0 Å². The van der Waals surface area contributed by atoms with Gasteiger partial charge in [0, 0.05) is 30.1 Å². The van der Waals surface area contributed by atoms with E-state index in [2.05, 4.69) is 51.6 Å². The van der Waals surface area contributed by atoms with Gasteiger partial charge >= 0.3 is 0 Å². The zero-order valence-corrected chi connectivity index (χ0v) is 14.9. The van der Waals surface area contributed by atoms with Gasteiger partial charge in [-0.15, -0.1) is 11.3 Å². The minimum atomic E-state index is 0.400. The Labute approximate surface area is 145 Å². The standard InChI is InChI=1S/C18H22N4OS/c1-3-15-17(12(2)21-23-15)14-6-4-8-22(14)11-13-10-19-20-18(13)16-7-5-9-24-16/h5,7,9-10,14H,3-4,6,8,11H2,1-2H3,(H,19,20)/t14-/m0/s1. The minimum absolute atomic E-state index is 0.400. The maximum absolute atomic E-state index is 5.53. The topological polar surface area (TPSA) is 58.0 Å². The summed E-state index contributed by atoms with van der Waals surface area (Å²) in [5.41, 5.74) is 4.75. The summed E-state index contributed by atoms with van der Waals surface area (Å²) in [6.07, 6.45) is 5.24. The van der Waals surface area contributed by atoms with E-state index in [1.807, 2.05) is 6.20 Å². The van der Waals surface area contributed by atoms with Crippen molar-refractivity contribution in [1.29, 1.82) is 0 Å². The molecule has 0 amide bonds. The second-order valence-electron chi connectivity index (χ2n) is 6.33. The second-order valence-corrected chi connectivity index (χ2v) is 7.28. The van der Waals surface area contributed by atoms with Gasteiger partial charge in [0.15, 0.2) is 0 Å². The largest absolute Gasteiger partial charge is 0.361 e. The van der Waals surface area contributed by atoms with E-state index < -0.39 is 0 Å². The van der Waals surface area contributed by atoms with Gasteiger partial charge in [0.25, 0.3) is 0 Å². The molecular formula is C18H22N4OS. The van der Waals surface area contributed by atoms with Crippen molar-refractivity contribution in [3.63, 3.8) is 0 Å². The fourth-order valence-corrected chi connectivity index (χ4v) is 4.49. The van der Waals surface area contributed by atoms with Crippen molar-refractivity contribution in [3.05, 3.63) is 46.3 Å². The van der Waals surface area contributed by atoms with Crippen molar-refractivity contribution in [2.45, 2.75) is 45.7 Å². The van der Waals surface area contributed by atoms with Crippen molar-refractivity contribution in [1.82, 2.24) is 20.3 Å². The lowest BCUT2D eigenvalue weighted by Crippen LogP contribution is -2.23. The molecule has 1 N–H and O–H groups in total. The van der Waals surface area contributed by atoms with Crippen LogP contribution in [-0.2, 0) is 13.0 Å². The summed E-state index contributed by atoms with van der Waals surface area (Å²) < 4.78 is 5.53. The van der Waals surface area contributed by atoms with Crippen molar-refractivity contribution in [2.75, 3.05) is 6.54 Å². The molecule has 4 rings (SSSR count). The Morgan fingerprint density at radius 3 is 3.17 bits per heavy atom. The Bertz CT molecular complexity index is 805. The fourth-order valence-electron chi connectivity index (χ4n) is 3.73. The molecule has 0 unspecified atom stereocenters. The minimum Gasteiger partial charge on any atom is -0.361 e. The highest BCUT2D eigenvalue weighted by Crippen LogP contribution is 2.38. The Balaban J connectivity index is 1.61. The average Bonchev–Trinajstić information content (AvgIpc) is 3.34. The molecule has 6 heteroatoms. The summed E-state index contributed by atoms with van der Waals surface area (Å²) >= 11 is 1.75. The molecule has 0 aromatic carbocycles. The number of nitrogens with one attached hydrogen (secondary N) is 1. The highest BCUT2D eigenvalue weighted by Gasteiger charge is 2.31. The van der Waals surface area contributed by atoms with Gasteiger partial charge in [0.1, 0.15) is 5.76 Å². The predicted octanol–water partition coefficient (Wildman–Crippen LogP) is 4.33. The number of aromatic nitrogens is 3. The molecule has 0 aliphatic carbocycles. The first-order valence-electron chi connectivity index (χ1n) is 8.53. The summed E-state index contributed by atoms with van der Waals surface area (Å²) in [5.74, 6) is 1.04. The highest BCUT2D eigenvalue weighted by atomic mass is 32.1. The monoisotopic (exact) mass is 342 g/mol. The zero-order chi connectivity index (χ0) is 16.5. The molecule has 4 heterocycles. The molecule has 0 saturated carbocycles. The van der Waals surface area contributed by atoms with Crippen LogP contribution < -0.4 is 0 Å². The summed E-state index contributed by atoms with van der Waals surface area (Å²) in [6.45, 7) is 6.20. The van der Waals surface area contributed by atoms with E-state index in [1.165, 1.54) is 28.8 Å². The third-order valence-corrected chi connectivity index (χ3v) is 5.75. The van der Waals surface area contributed by atoms with E-state index in [9.17, 15) is 0 Å². The first-order chi connectivity index (χ1) is 11.8. The van der Waals surface area contributed by atoms with Gasteiger partial charge in [-0.2, -0.15) is 5.10 Å². The summed E-state index contributed by atoms with van der Waals surface area (Å²) in [7, 11) is 0. The van der Waals surface area contributed by atoms with E-state index in [4.69, 9.17) is 4.52 Å². The smallest absolute Gasteiger partial charge is 0.141 e. The number of H-pyrrole nitrogens is 1. The van der Waals surface area contributed by atoms with Crippen LogP contribution in [0.2, 0.25) is 0 Å². The van der Waals surface area contributed by atoms with Gasteiger partial charge in [-0.1, -0.05) is 18.1 Å². The first-order valence-corrected chi connectivity index (χ1v) is 9.41. The molecule has 0 spiro atoms. The average molecular weight is 342 g/mol. The molecule has 24 heavy (non-hydrogen) atoms. The first kappa shape index (κ1) is 15.6. The van der Waals surface area contributed by atoms with E-state index in [-0.39, 0.29) is 0 Å². The van der Waals surface area contributed by atoms with Crippen molar-refractivity contribution < 1.29 is 4.52 Å². The Morgan fingerprint density at radius 1 is 1.46 bits per heavy atom. The predicted molar refractivity (Wildman–Crippen MR) is 94.9 cm³/mol. The van der Waals surface area contributed by atoms with Crippen molar-refractivity contribution in [3.8, 4) is 10.6 Å². The van der Waals surface area contributed by atoms with Gasteiger partial charge in [0.05, 0.1) is 22.5 Å². The van der Waals surface area contributed by atoms with Crippen LogP contribution in [0.1, 0.15) is 48.4 Å². The molecule has 1 fully saturated rings. The quantitative estimate of drug-likeness (QED) is 0.749. The third-order valence-electron chi connectivity index (χ3n) is 4.86. The van der Waals surface area contributed by atoms with Gasteiger partial charge in [0.2, 0.25) is 0 Å². The van der Waals surface area contributed by atoms with Crippen LogP contribution >= 0.6 is 11.3 Å². The van der Waals surface area contributed by atoms with E-state index in [0.29, 0.717) is 6.04 Å². The van der Waals surface area contributed by atoms with E-state index in [1.54, 1.807) is 11.3 Å². The number of nitrogens with zero attached hydrogens (tertiary/aromatic N) is 3. The lowest BCUT2D eigenvalue weighted by Gasteiger charge is -2.24. The Hall–Kier alpha value is -1.92. The number of aryl methyl sites for hydroxylation is 2. The maximum atomic E-state index is 5.53. The molecule has 3 aromatic rings. The molecule has 126 valence electrons. The lowest BCUT2D eigenvalue weighted by molar-refractivity contribution is 0.245. The van der Waals surface area contributed by atoms with Crippen LogP contribution in [0.15, 0.2) is 28.2 Å². The van der Waals surface area contributed by atoms with Crippen molar-refractivity contribution in [2.24, 2.45) is 0 Å². The van der Waals surface area contributed by atoms with Gasteiger partial charge in [-0.05, 0) is 37.8 Å². The van der Waals surface area contributed by atoms with E-state index >= 15 is 0 Å². The normalized spacial score (nSPS) is 18.5. The highest BCUT2D eigenvalue weighted by molar-refractivity contribution is 7.13. The Morgan fingerprint density at radius 2 is 2.38 bits per heavy atom. The number of aromatic amines is 1. The summed E-state index contributed by atoms with van der Waals surface area (Å²) in [6, 6.07) is 4.62. The lowest BCUT2D eigenvalue weighted by atomic mass is 10.0. The Kier molecular flexibility index (Phi) is 4.24. The molecule has 0 bridgehead atoms. The molecule has 1 saturated heterocycles. The molecule has 5 nitrogen and oxygen atoms in total. The van der Waals surface area contributed by atoms with Crippen LogP contribution in [0.25, 0.3) is 10.6 Å². The number of rotatable bonds is 5. The van der Waals surface area contributed by atoms with Gasteiger partial charge in [-0.3, -0.25) is 10.00 Å². The number of hydrogen-bond acceptors (Lipinski definition) is 5. The van der Waals surface area contributed by atoms with E-state index in [0.717, 1.165) is 36.7 Å². The van der Waals surface area contributed by atoms with Crippen LogP contribution in [0.5, 0.6) is 0 Å². The third kappa shape index (κ3) is 2.70. The van der Waals surface area contributed by atoms with Crippen LogP contribution in [0.3, 0.4) is 0 Å². The molecule has 1 aliphatic rings. The molecule has 0 radical (unpaired) electrons. The molecule has 1 aliphatic heterocycles. The second kappa shape index (κ2) is 6.53. The SMILES string of the molecule is CCc1onc(C)c1[C@@H]1CCCN1Cc1cn[nH]c1-c1cccs1. The maximum Gasteiger partial charge on any atom is 0.141 e. The van der Waals surface area contributed by atoms with Crippen LogP contribution in [0, 0.1) is 6.92 Å². The number of hydrogen-bond donors (Lipinski definition) is 1. The molecule has 3 aromatic heterocycles. The zero-order valence-electron chi connectivity index (χ0n) is 14.1. The number of likely N-dealkylation sites (tertiary alicyclic amines) is 1.